The molecule has 0 atom stereocenters. The van der Waals surface area contributed by atoms with Crippen molar-refractivity contribution in [2.24, 2.45) is 0 Å². The fourth-order valence-corrected chi connectivity index (χ4v) is 2.83. The first-order valence-corrected chi connectivity index (χ1v) is 9.04. The largest absolute Gasteiger partial charge is 0.487 e. The van der Waals surface area contributed by atoms with Crippen LogP contribution in [0.3, 0.4) is 0 Å². The Labute approximate surface area is 161 Å². The number of benzene rings is 2. The average molecular weight is 384 g/mol. The summed E-state index contributed by atoms with van der Waals surface area (Å²) < 4.78 is 25.2. The highest BCUT2D eigenvalue weighted by Gasteiger charge is 2.08. The van der Waals surface area contributed by atoms with Gasteiger partial charge in [-0.15, -0.1) is 0 Å². The lowest BCUT2D eigenvalue weighted by Crippen LogP contribution is -2.21. The second-order valence-electron chi connectivity index (χ2n) is 6.32. The number of nitrogens with zero attached hydrogens (tertiary/aromatic N) is 2. The molecule has 0 radical (unpaired) electrons. The minimum Gasteiger partial charge on any atom is -0.487 e. The van der Waals surface area contributed by atoms with E-state index in [0.29, 0.717) is 23.9 Å². The van der Waals surface area contributed by atoms with E-state index < -0.39 is 11.8 Å². The van der Waals surface area contributed by atoms with Crippen LogP contribution in [-0.4, -0.2) is 28.7 Å². The van der Waals surface area contributed by atoms with E-state index in [1.54, 1.807) is 18.2 Å². The van der Waals surface area contributed by atoms with Crippen LogP contribution in [0.15, 0.2) is 53.6 Å². The molecular weight excluding hydrogens is 363 g/mol. The normalized spacial score (nSPS) is 10.8. The maximum atomic E-state index is 13.4. The summed E-state index contributed by atoms with van der Waals surface area (Å²) in [5, 5.41) is 0.565. The molecule has 0 aliphatic carbocycles. The van der Waals surface area contributed by atoms with Gasteiger partial charge in [-0.2, -0.15) is 0 Å². The number of hydrogen-bond donors (Lipinski definition) is 0. The summed E-state index contributed by atoms with van der Waals surface area (Å²) in [5.74, 6) is -0.731. The van der Waals surface area contributed by atoms with Gasteiger partial charge in [0.05, 0.1) is 17.2 Å². The number of carbonyl (C=O) groups excluding carboxylic acids is 1. The number of carbonyl (C=O) groups is 1. The Morgan fingerprint density at radius 2 is 1.96 bits per heavy atom. The Hall–Kier alpha value is -3.22. The Morgan fingerprint density at radius 1 is 1.14 bits per heavy atom. The van der Waals surface area contributed by atoms with Gasteiger partial charge in [-0.1, -0.05) is 24.3 Å². The van der Waals surface area contributed by atoms with Crippen LogP contribution in [0.25, 0.3) is 10.9 Å². The predicted octanol–water partition coefficient (Wildman–Crippen LogP) is 3.25. The molecule has 0 spiro atoms. The van der Waals surface area contributed by atoms with Crippen LogP contribution in [0, 0.1) is 12.7 Å². The zero-order chi connectivity index (χ0) is 19.9. The average Bonchev–Trinajstić information content (AvgIpc) is 2.69. The molecule has 3 rings (SSSR count). The van der Waals surface area contributed by atoms with Crippen molar-refractivity contribution in [3.8, 4) is 5.75 Å². The molecule has 2 aromatic carbocycles. The van der Waals surface area contributed by atoms with Crippen molar-refractivity contribution in [2.45, 2.75) is 26.3 Å². The molecule has 0 N–H and O–H groups in total. The number of halogens is 1. The van der Waals surface area contributed by atoms with Crippen molar-refractivity contribution in [1.82, 2.24) is 9.55 Å². The zero-order valence-electron chi connectivity index (χ0n) is 15.6. The van der Waals surface area contributed by atoms with E-state index in [1.807, 2.05) is 19.1 Å². The second kappa shape index (κ2) is 9.12. The molecule has 0 unspecified atom stereocenters. The monoisotopic (exact) mass is 384 g/mol. The van der Waals surface area contributed by atoms with Gasteiger partial charge in [-0.3, -0.25) is 14.2 Å². The van der Waals surface area contributed by atoms with Crippen LogP contribution in [0.2, 0.25) is 0 Å². The highest BCUT2D eigenvalue weighted by atomic mass is 19.1. The standard InChI is InChI=1S/C21H21FN2O4/c1-15-6-4-7-16-20(15)23-14-24(21(16)26)11-5-10-19(25)28-13-12-27-18-9-3-2-8-17(18)22/h2-4,6-9,14H,5,10-13H2,1H3. The van der Waals surface area contributed by atoms with Crippen LogP contribution in [0.1, 0.15) is 18.4 Å². The third kappa shape index (κ3) is 4.73. The van der Waals surface area contributed by atoms with Gasteiger partial charge in [-0.05, 0) is 37.1 Å². The molecule has 0 aliphatic heterocycles. The predicted molar refractivity (Wildman–Crippen MR) is 103 cm³/mol. The highest BCUT2D eigenvalue weighted by molar-refractivity contribution is 5.80. The number of hydrogen-bond acceptors (Lipinski definition) is 5. The Balaban J connectivity index is 1.43. The number of aryl methyl sites for hydroxylation is 2. The molecular formula is C21H21FN2O4. The molecule has 0 saturated carbocycles. The van der Waals surface area contributed by atoms with Gasteiger partial charge in [-0.25, -0.2) is 9.37 Å². The first-order chi connectivity index (χ1) is 13.6. The SMILES string of the molecule is Cc1cccc2c(=O)n(CCCC(=O)OCCOc3ccccc3F)cnc12. The summed E-state index contributed by atoms with van der Waals surface area (Å²) in [6.07, 6.45) is 2.12. The molecule has 0 amide bonds. The lowest BCUT2D eigenvalue weighted by Gasteiger charge is -2.09. The fraction of sp³-hybridized carbons (Fsp3) is 0.286. The Morgan fingerprint density at radius 3 is 2.79 bits per heavy atom. The lowest BCUT2D eigenvalue weighted by molar-refractivity contribution is -0.144. The van der Waals surface area contributed by atoms with Crippen molar-refractivity contribution in [3.05, 3.63) is 70.5 Å². The summed E-state index contributed by atoms with van der Waals surface area (Å²) in [6, 6.07) is 11.5. The third-order valence-electron chi connectivity index (χ3n) is 4.28. The van der Waals surface area contributed by atoms with Crippen LogP contribution in [0.4, 0.5) is 4.39 Å². The van der Waals surface area contributed by atoms with Crippen LogP contribution in [-0.2, 0) is 16.1 Å². The third-order valence-corrected chi connectivity index (χ3v) is 4.28. The molecule has 28 heavy (non-hydrogen) atoms. The molecule has 1 aromatic heterocycles. The molecule has 3 aromatic rings. The molecule has 0 aliphatic rings. The van der Waals surface area contributed by atoms with Gasteiger partial charge in [0.25, 0.3) is 5.56 Å². The van der Waals surface area contributed by atoms with Crippen LogP contribution in [0.5, 0.6) is 5.75 Å². The summed E-state index contributed by atoms with van der Waals surface area (Å²) in [5.41, 5.74) is 1.52. The van der Waals surface area contributed by atoms with Gasteiger partial charge in [0, 0.05) is 13.0 Å². The number of aromatic nitrogens is 2. The zero-order valence-corrected chi connectivity index (χ0v) is 15.6. The van der Waals surface area contributed by atoms with E-state index >= 15 is 0 Å². The summed E-state index contributed by atoms with van der Waals surface area (Å²) in [6.45, 7) is 2.38. The maximum absolute atomic E-state index is 13.4. The van der Waals surface area contributed by atoms with E-state index in [0.717, 1.165) is 5.56 Å². The van der Waals surface area contributed by atoms with Crippen molar-refractivity contribution in [2.75, 3.05) is 13.2 Å². The van der Waals surface area contributed by atoms with E-state index in [2.05, 4.69) is 4.98 Å². The number of fused-ring (bicyclic) bond motifs is 1. The van der Waals surface area contributed by atoms with Crippen LogP contribution < -0.4 is 10.3 Å². The van der Waals surface area contributed by atoms with Crippen molar-refractivity contribution < 1.29 is 18.7 Å². The van der Waals surface area contributed by atoms with Crippen molar-refractivity contribution >= 4 is 16.9 Å². The van der Waals surface area contributed by atoms with Crippen LogP contribution >= 0.6 is 0 Å². The fourth-order valence-electron chi connectivity index (χ4n) is 2.83. The molecule has 146 valence electrons. The van der Waals surface area contributed by atoms with Crippen molar-refractivity contribution in [1.29, 1.82) is 0 Å². The Bertz CT molecular complexity index is 1030. The van der Waals surface area contributed by atoms with E-state index in [-0.39, 0.29) is 30.9 Å². The first kappa shape index (κ1) is 19.5. The minimum atomic E-state index is -0.460. The van der Waals surface area contributed by atoms with Gasteiger partial charge in [0.2, 0.25) is 0 Å². The molecule has 7 heteroatoms. The molecule has 0 bridgehead atoms. The Kier molecular flexibility index (Phi) is 6.37. The summed E-state index contributed by atoms with van der Waals surface area (Å²) >= 11 is 0. The van der Waals surface area contributed by atoms with Gasteiger partial charge >= 0.3 is 5.97 Å². The van der Waals surface area contributed by atoms with Gasteiger partial charge in [0.15, 0.2) is 11.6 Å². The quantitative estimate of drug-likeness (QED) is 0.440. The number of para-hydroxylation sites is 2. The smallest absolute Gasteiger partial charge is 0.305 e. The molecule has 0 saturated heterocycles. The summed E-state index contributed by atoms with van der Waals surface area (Å²) in [7, 11) is 0. The lowest BCUT2D eigenvalue weighted by atomic mass is 10.1. The highest BCUT2D eigenvalue weighted by Crippen LogP contribution is 2.15. The first-order valence-electron chi connectivity index (χ1n) is 9.04. The summed E-state index contributed by atoms with van der Waals surface area (Å²) in [4.78, 5) is 28.6. The minimum absolute atomic E-state index is 0.0317. The van der Waals surface area contributed by atoms with Gasteiger partial charge < -0.3 is 9.47 Å². The topological polar surface area (TPSA) is 70.4 Å². The second-order valence-corrected chi connectivity index (χ2v) is 6.32. The van der Waals surface area contributed by atoms with E-state index in [9.17, 15) is 14.0 Å². The van der Waals surface area contributed by atoms with Crippen molar-refractivity contribution in [3.63, 3.8) is 0 Å². The molecule has 6 nitrogen and oxygen atoms in total. The molecule has 0 fully saturated rings. The maximum Gasteiger partial charge on any atom is 0.305 e. The number of ether oxygens (including phenoxy) is 2. The van der Waals surface area contributed by atoms with E-state index in [1.165, 1.54) is 23.0 Å². The van der Waals surface area contributed by atoms with Gasteiger partial charge in [0.1, 0.15) is 13.2 Å². The molecule has 1 heterocycles. The van der Waals surface area contributed by atoms with E-state index in [4.69, 9.17) is 9.47 Å². The number of rotatable bonds is 8. The number of esters is 1.